The van der Waals surface area contributed by atoms with Gasteiger partial charge in [-0.2, -0.15) is 0 Å². The zero-order valence-corrected chi connectivity index (χ0v) is 12.5. The number of aryl methyl sites for hydroxylation is 1. The van der Waals surface area contributed by atoms with Crippen LogP contribution in [-0.2, 0) is 9.47 Å². The van der Waals surface area contributed by atoms with E-state index in [2.05, 4.69) is 25.6 Å². The van der Waals surface area contributed by atoms with Gasteiger partial charge < -0.3 is 14.8 Å². The van der Waals surface area contributed by atoms with Crippen LogP contribution < -0.4 is 10.6 Å². The summed E-state index contributed by atoms with van der Waals surface area (Å²) in [6.07, 6.45) is 3.20. The molecule has 0 saturated carbocycles. The van der Waals surface area contributed by atoms with Gasteiger partial charge in [0.2, 0.25) is 18.6 Å². The molecule has 2 N–H and O–H groups in total. The second-order valence-corrected chi connectivity index (χ2v) is 5.26. The Morgan fingerprint density at radius 2 is 2.29 bits per heavy atom. The summed E-state index contributed by atoms with van der Waals surface area (Å²) >= 11 is 1.58. The van der Waals surface area contributed by atoms with E-state index in [4.69, 9.17) is 9.47 Å². The van der Waals surface area contributed by atoms with Crippen LogP contribution >= 0.6 is 11.3 Å². The summed E-state index contributed by atoms with van der Waals surface area (Å²) in [5.74, 6) is 0.962. The minimum Gasteiger partial charge on any atom is -0.459 e. The Morgan fingerprint density at radius 1 is 1.38 bits per heavy atom. The molecule has 0 spiro atoms. The molecule has 0 saturated heterocycles. The topological polar surface area (TPSA) is 81.2 Å². The highest BCUT2D eigenvalue weighted by Gasteiger charge is 2.13. The molecule has 1 aliphatic heterocycles. The van der Waals surface area contributed by atoms with Crippen molar-refractivity contribution in [3.05, 3.63) is 30.1 Å². The van der Waals surface area contributed by atoms with Crippen LogP contribution in [0.5, 0.6) is 0 Å². The van der Waals surface area contributed by atoms with Gasteiger partial charge in [-0.25, -0.2) is 15.0 Å². The normalized spacial score (nSPS) is 13.3. The standard InChI is InChI=1S/C13H15N5O2S/c1-3-14-13-16-8(2)11(21-13)9-4-5-15-12(17-9)18-10-6-19-7-20-10/h4-6H,3,7H2,1-2H3,(H,14,16)(H,15,17,18). The predicted molar refractivity (Wildman–Crippen MR) is 80.8 cm³/mol. The average molecular weight is 305 g/mol. The summed E-state index contributed by atoms with van der Waals surface area (Å²) in [7, 11) is 0. The molecule has 7 nitrogen and oxygen atoms in total. The summed E-state index contributed by atoms with van der Waals surface area (Å²) in [5, 5.41) is 7.07. The summed E-state index contributed by atoms with van der Waals surface area (Å²) in [5.41, 5.74) is 1.77. The molecule has 3 heterocycles. The molecule has 0 fully saturated rings. The fourth-order valence-electron chi connectivity index (χ4n) is 1.82. The Balaban J connectivity index is 1.85. The van der Waals surface area contributed by atoms with Gasteiger partial charge in [0, 0.05) is 12.7 Å². The number of nitrogens with one attached hydrogen (secondary N) is 2. The van der Waals surface area contributed by atoms with E-state index in [0.29, 0.717) is 11.8 Å². The van der Waals surface area contributed by atoms with Crippen molar-refractivity contribution < 1.29 is 9.47 Å². The molecule has 0 unspecified atom stereocenters. The Bertz CT molecular complexity index is 670. The first-order valence-electron chi connectivity index (χ1n) is 6.52. The molecule has 2 aromatic rings. The minimum absolute atomic E-state index is 0.210. The molecule has 0 amide bonds. The van der Waals surface area contributed by atoms with Crippen molar-refractivity contribution in [3.63, 3.8) is 0 Å². The number of rotatable bonds is 5. The van der Waals surface area contributed by atoms with E-state index in [0.717, 1.165) is 27.9 Å². The first-order chi connectivity index (χ1) is 10.3. The van der Waals surface area contributed by atoms with Crippen LogP contribution in [0.2, 0.25) is 0 Å². The molecule has 2 aromatic heterocycles. The van der Waals surface area contributed by atoms with Crippen LogP contribution in [0.25, 0.3) is 10.6 Å². The molecule has 0 atom stereocenters. The van der Waals surface area contributed by atoms with Gasteiger partial charge in [0.1, 0.15) is 6.26 Å². The maximum atomic E-state index is 5.19. The monoisotopic (exact) mass is 305 g/mol. The summed E-state index contributed by atoms with van der Waals surface area (Å²) in [6.45, 7) is 5.06. The van der Waals surface area contributed by atoms with E-state index in [1.165, 1.54) is 6.26 Å². The van der Waals surface area contributed by atoms with Gasteiger partial charge in [0.15, 0.2) is 5.13 Å². The van der Waals surface area contributed by atoms with Crippen LogP contribution in [-0.4, -0.2) is 28.3 Å². The van der Waals surface area contributed by atoms with Gasteiger partial charge in [0.05, 0.1) is 16.3 Å². The number of anilines is 2. The summed E-state index contributed by atoms with van der Waals surface area (Å²) < 4.78 is 10.2. The maximum absolute atomic E-state index is 5.19. The molecule has 110 valence electrons. The second kappa shape index (κ2) is 5.96. The highest BCUT2D eigenvalue weighted by molar-refractivity contribution is 7.19. The van der Waals surface area contributed by atoms with E-state index in [1.54, 1.807) is 17.5 Å². The molecule has 8 heteroatoms. The number of nitrogens with zero attached hydrogens (tertiary/aromatic N) is 3. The lowest BCUT2D eigenvalue weighted by molar-refractivity contribution is 0.0822. The Kier molecular flexibility index (Phi) is 3.87. The van der Waals surface area contributed by atoms with Gasteiger partial charge in [-0.05, 0) is 19.9 Å². The summed E-state index contributed by atoms with van der Waals surface area (Å²) in [6, 6.07) is 1.86. The van der Waals surface area contributed by atoms with Crippen molar-refractivity contribution >= 4 is 22.4 Å². The molecule has 0 radical (unpaired) electrons. The van der Waals surface area contributed by atoms with Crippen molar-refractivity contribution in [2.45, 2.75) is 13.8 Å². The van der Waals surface area contributed by atoms with Gasteiger partial charge in [-0.1, -0.05) is 11.3 Å². The van der Waals surface area contributed by atoms with Gasteiger partial charge in [-0.15, -0.1) is 0 Å². The largest absolute Gasteiger partial charge is 0.459 e. The maximum Gasteiger partial charge on any atom is 0.232 e. The third kappa shape index (κ3) is 3.05. The van der Waals surface area contributed by atoms with Crippen LogP contribution in [0.1, 0.15) is 12.6 Å². The fourth-order valence-corrected chi connectivity index (χ4v) is 2.83. The predicted octanol–water partition coefficient (Wildman–Crippen LogP) is 2.56. The lowest BCUT2D eigenvalue weighted by Crippen LogP contribution is -2.04. The van der Waals surface area contributed by atoms with Crippen LogP contribution in [0, 0.1) is 6.92 Å². The lowest BCUT2D eigenvalue weighted by atomic mass is 10.3. The Labute approximate surface area is 126 Å². The van der Waals surface area contributed by atoms with Crippen LogP contribution in [0.15, 0.2) is 24.4 Å². The Morgan fingerprint density at radius 3 is 3.05 bits per heavy atom. The van der Waals surface area contributed by atoms with Crippen LogP contribution in [0.4, 0.5) is 11.1 Å². The van der Waals surface area contributed by atoms with Crippen molar-refractivity contribution in [1.82, 2.24) is 15.0 Å². The fraction of sp³-hybridized carbons (Fsp3) is 0.308. The first-order valence-corrected chi connectivity index (χ1v) is 7.34. The number of hydrogen-bond donors (Lipinski definition) is 2. The zero-order chi connectivity index (χ0) is 14.7. The lowest BCUT2D eigenvalue weighted by Gasteiger charge is -2.05. The third-order valence-electron chi connectivity index (χ3n) is 2.72. The summed E-state index contributed by atoms with van der Waals surface area (Å²) in [4.78, 5) is 14.2. The quantitative estimate of drug-likeness (QED) is 0.878. The molecular formula is C13H15N5O2S. The highest BCUT2D eigenvalue weighted by Crippen LogP contribution is 2.31. The number of thiazole rings is 1. The van der Waals surface area contributed by atoms with Gasteiger partial charge in [0.25, 0.3) is 0 Å². The van der Waals surface area contributed by atoms with Crippen molar-refractivity contribution in [2.75, 3.05) is 24.0 Å². The number of hydrogen-bond acceptors (Lipinski definition) is 8. The molecule has 3 rings (SSSR count). The zero-order valence-electron chi connectivity index (χ0n) is 11.7. The number of ether oxygens (including phenoxy) is 2. The first kappa shape index (κ1) is 13.6. The highest BCUT2D eigenvalue weighted by atomic mass is 32.1. The smallest absolute Gasteiger partial charge is 0.232 e. The number of aromatic nitrogens is 3. The SMILES string of the molecule is CCNc1nc(C)c(-c2ccnc(NC3=COCO3)n2)s1. The van der Waals surface area contributed by atoms with Crippen molar-refractivity contribution in [1.29, 1.82) is 0 Å². The molecule has 1 aliphatic rings. The van der Waals surface area contributed by atoms with Crippen LogP contribution in [0.3, 0.4) is 0 Å². The van der Waals surface area contributed by atoms with E-state index in [9.17, 15) is 0 Å². The molecular weight excluding hydrogens is 290 g/mol. The molecule has 0 aromatic carbocycles. The molecule has 0 bridgehead atoms. The van der Waals surface area contributed by atoms with Crippen molar-refractivity contribution in [2.24, 2.45) is 0 Å². The van der Waals surface area contributed by atoms with Crippen molar-refractivity contribution in [3.8, 4) is 10.6 Å². The molecule has 0 aliphatic carbocycles. The average Bonchev–Trinajstić information content (AvgIpc) is 3.09. The van der Waals surface area contributed by atoms with E-state index in [-0.39, 0.29) is 6.79 Å². The second-order valence-electron chi connectivity index (χ2n) is 4.27. The van der Waals surface area contributed by atoms with E-state index < -0.39 is 0 Å². The van der Waals surface area contributed by atoms with Gasteiger partial charge in [-0.3, -0.25) is 5.32 Å². The molecule has 21 heavy (non-hydrogen) atoms. The van der Waals surface area contributed by atoms with E-state index in [1.807, 2.05) is 19.9 Å². The van der Waals surface area contributed by atoms with Gasteiger partial charge >= 0.3 is 0 Å². The third-order valence-corrected chi connectivity index (χ3v) is 3.86. The van der Waals surface area contributed by atoms with E-state index >= 15 is 0 Å². The minimum atomic E-state index is 0.210. The Hall–Kier alpha value is -2.35.